The molecule has 2 aromatic rings. The Kier molecular flexibility index (Phi) is 8.90. The normalized spacial score (nSPS) is 10.8. The molecule has 0 aliphatic carbocycles. The molecule has 0 aliphatic heterocycles. The van der Waals surface area contributed by atoms with Gasteiger partial charge in [-0.2, -0.15) is 0 Å². The molecule has 3 heteroatoms. The van der Waals surface area contributed by atoms with E-state index in [-0.39, 0.29) is 5.97 Å². The highest BCUT2D eigenvalue weighted by atomic mass is 16.5. The van der Waals surface area contributed by atoms with Gasteiger partial charge in [0.05, 0.1) is 12.2 Å². The molecule has 0 amide bonds. The molecule has 0 aromatic heterocycles. The van der Waals surface area contributed by atoms with Gasteiger partial charge in [0.25, 0.3) is 0 Å². The molecular weight excluding hydrogens is 336 g/mol. The van der Waals surface area contributed by atoms with Crippen molar-refractivity contribution in [1.82, 2.24) is 0 Å². The zero-order valence-electron chi connectivity index (χ0n) is 16.9. The van der Waals surface area contributed by atoms with Crippen molar-refractivity contribution in [2.75, 3.05) is 6.61 Å². The van der Waals surface area contributed by atoms with Crippen molar-refractivity contribution in [1.29, 1.82) is 0 Å². The highest BCUT2D eigenvalue weighted by molar-refractivity contribution is 5.91. The van der Waals surface area contributed by atoms with Crippen molar-refractivity contribution in [2.24, 2.45) is 5.92 Å². The lowest BCUT2D eigenvalue weighted by Crippen LogP contribution is -2.08. The van der Waals surface area contributed by atoms with Gasteiger partial charge in [-0.05, 0) is 60.7 Å². The summed E-state index contributed by atoms with van der Waals surface area (Å²) in [7, 11) is 0. The summed E-state index contributed by atoms with van der Waals surface area (Å²) in [6.07, 6.45) is 7.10. The highest BCUT2D eigenvalue weighted by Gasteiger charge is 2.09. The molecule has 0 radical (unpaired) electrons. The van der Waals surface area contributed by atoms with Crippen LogP contribution in [0.15, 0.2) is 48.5 Å². The van der Waals surface area contributed by atoms with Crippen LogP contribution < -0.4 is 9.47 Å². The molecule has 0 saturated heterocycles. The number of carbonyl (C=O) groups excluding carboxylic acids is 1. The Morgan fingerprint density at radius 2 is 1.48 bits per heavy atom. The molecule has 0 fully saturated rings. The first-order valence-corrected chi connectivity index (χ1v) is 10.1. The van der Waals surface area contributed by atoms with Crippen molar-refractivity contribution >= 4 is 5.97 Å². The molecule has 0 saturated carbocycles. The van der Waals surface area contributed by atoms with E-state index in [9.17, 15) is 4.79 Å². The van der Waals surface area contributed by atoms with Crippen LogP contribution in [-0.4, -0.2) is 12.6 Å². The van der Waals surface area contributed by atoms with Gasteiger partial charge < -0.3 is 9.47 Å². The van der Waals surface area contributed by atoms with Gasteiger partial charge in [-0.15, -0.1) is 0 Å². The van der Waals surface area contributed by atoms with E-state index >= 15 is 0 Å². The zero-order chi connectivity index (χ0) is 19.5. The standard InChI is InChI=1S/C24H32O3/c1-4-5-6-7-8-17-26-22-15-11-21(12-16-22)24(25)27-23-13-9-20(10-14-23)18-19(2)3/h9-16,19H,4-8,17-18H2,1-3H3. The van der Waals surface area contributed by atoms with E-state index in [0.29, 0.717) is 17.2 Å². The van der Waals surface area contributed by atoms with Crippen LogP contribution in [0.4, 0.5) is 0 Å². The summed E-state index contributed by atoms with van der Waals surface area (Å²) in [5.41, 5.74) is 1.78. The molecule has 0 N–H and O–H groups in total. The van der Waals surface area contributed by atoms with Crippen LogP contribution in [0.2, 0.25) is 0 Å². The maximum Gasteiger partial charge on any atom is 0.343 e. The van der Waals surface area contributed by atoms with E-state index in [2.05, 4.69) is 20.8 Å². The topological polar surface area (TPSA) is 35.5 Å². The highest BCUT2D eigenvalue weighted by Crippen LogP contribution is 2.18. The number of rotatable bonds is 11. The van der Waals surface area contributed by atoms with E-state index < -0.39 is 0 Å². The molecule has 0 aliphatic rings. The second-order valence-corrected chi connectivity index (χ2v) is 7.42. The Bertz CT molecular complexity index is 672. The average molecular weight is 369 g/mol. The van der Waals surface area contributed by atoms with Gasteiger partial charge in [-0.25, -0.2) is 4.79 Å². The summed E-state index contributed by atoms with van der Waals surface area (Å²) in [5.74, 6) is 1.62. The number of benzene rings is 2. The molecule has 2 aromatic carbocycles. The summed E-state index contributed by atoms with van der Waals surface area (Å²) < 4.78 is 11.2. The first kappa shape index (κ1) is 21.0. The SMILES string of the molecule is CCCCCCCOc1ccc(C(=O)Oc2ccc(CC(C)C)cc2)cc1. The summed E-state index contributed by atoms with van der Waals surface area (Å²) in [6.45, 7) is 7.31. The molecule has 27 heavy (non-hydrogen) atoms. The minimum absolute atomic E-state index is 0.349. The maximum absolute atomic E-state index is 12.3. The third kappa shape index (κ3) is 7.86. The predicted octanol–water partition coefficient (Wildman–Crippen LogP) is 6.45. The lowest BCUT2D eigenvalue weighted by molar-refractivity contribution is 0.0734. The first-order valence-electron chi connectivity index (χ1n) is 10.1. The molecule has 2 rings (SSSR count). The van der Waals surface area contributed by atoms with Gasteiger partial charge in [0.2, 0.25) is 0 Å². The molecule has 0 atom stereocenters. The van der Waals surface area contributed by atoms with Crippen LogP contribution in [0.1, 0.15) is 68.8 Å². The molecule has 0 spiro atoms. The summed E-state index contributed by atoms with van der Waals surface area (Å²) in [6, 6.07) is 14.9. The second-order valence-electron chi connectivity index (χ2n) is 7.42. The Labute approximate surface area is 163 Å². The lowest BCUT2D eigenvalue weighted by Gasteiger charge is -2.09. The molecular formula is C24H32O3. The van der Waals surface area contributed by atoms with Crippen LogP contribution >= 0.6 is 0 Å². The van der Waals surface area contributed by atoms with Crippen LogP contribution in [0.25, 0.3) is 0 Å². The van der Waals surface area contributed by atoms with Crippen molar-refractivity contribution in [3.05, 3.63) is 59.7 Å². The number of ether oxygens (including phenoxy) is 2. The van der Waals surface area contributed by atoms with Crippen LogP contribution in [0, 0.1) is 5.92 Å². The summed E-state index contributed by atoms with van der Waals surface area (Å²) in [5, 5.41) is 0. The van der Waals surface area contributed by atoms with E-state index in [0.717, 1.165) is 25.2 Å². The summed E-state index contributed by atoms with van der Waals surface area (Å²) >= 11 is 0. The Balaban J connectivity index is 1.79. The van der Waals surface area contributed by atoms with Crippen molar-refractivity contribution < 1.29 is 14.3 Å². The molecule has 0 heterocycles. The van der Waals surface area contributed by atoms with Crippen LogP contribution in [0.3, 0.4) is 0 Å². The molecule has 0 bridgehead atoms. The number of carbonyl (C=O) groups is 1. The smallest absolute Gasteiger partial charge is 0.343 e. The van der Waals surface area contributed by atoms with Gasteiger partial charge in [-0.3, -0.25) is 0 Å². The zero-order valence-corrected chi connectivity index (χ0v) is 16.9. The van der Waals surface area contributed by atoms with E-state index in [4.69, 9.17) is 9.47 Å². The lowest BCUT2D eigenvalue weighted by atomic mass is 10.0. The first-order chi connectivity index (χ1) is 13.1. The third-order valence-corrected chi connectivity index (χ3v) is 4.38. The van der Waals surface area contributed by atoms with Gasteiger partial charge in [-0.1, -0.05) is 58.6 Å². The Morgan fingerprint density at radius 3 is 2.11 bits per heavy atom. The van der Waals surface area contributed by atoms with Gasteiger partial charge in [0, 0.05) is 0 Å². The number of hydrogen-bond donors (Lipinski definition) is 0. The Morgan fingerprint density at radius 1 is 0.852 bits per heavy atom. The van der Waals surface area contributed by atoms with Gasteiger partial charge >= 0.3 is 5.97 Å². The quantitative estimate of drug-likeness (QED) is 0.260. The number of unbranched alkanes of at least 4 members (excludes halogenated alkanes) is 4. The summed E-state index contributed by atoms with van der Waals surface area (Å²) in [4.78, 5) is 12.3. The third-order valence-electron chi connectivity index (χ3n) is 4.38. The molecule has 146 valence electrons. The minimum atomic E-state index is -0.349. The van der Waals surface area contributed by atoms with Crippen molar-refractivity contribution in [3.8, 4) is 11.5 Å². The fraction of sp³-hybridized carbons (Fsp3) is 0.458. The van der Waals surface area contributed by atoms with Crippen LogP contribution in [0.5, 0.6) is 11.5 Å². The largest absolute Gasteiger partial charge is 0.494 e. The number of esters is 1. The minimum Gasteiger partial charge on any atom is -0.494 e. The molecule has 3 nitrogen and oxygen atoms in total. The van der Waals surface area contributed by atoms with Crippen LogP contribution in [-0.2, 0) is 6.42 Å². The van der Waals surface area contributed by atoms with Gasteiger partial charge in [0.1, 0.15) is 11.5 Å². The Hall–Kier alpha value is -2.29. The fourth-order valence-corrected chi connectivity index (χ4v) is 2.91. The monoisotopic (exact) mass is 368 g/mol. The van der Waals surface area contributed by atoms with E-state index in [1.165, 1.54) is 31.2 Å². The van der Waals surface area contributed by atoms with Crippen molar-refractivity contribution in [3.63, 3.8) is 0 Å². The van der Waals surface area contributed by atoms with E-state index in [1.54, 1.807) is 12.1 Å². The number of hydrogen-bond acceptors (Lipinski definition) is 3. The average Bonchev–Trinajstić information content (AvgIpc) is 2.66. The predicted molar refractivity (Wildman–Crippen MR) is 111 cm³/mol. The maximum atomic E-state index is 12.3. The second kappa shape index (κ2) is 11.4. The molecule has 0 unspecified atom stereocenters. The fourth-order valence-electron chi connectivity index (χ4n) is 2.91. The van der Waals surface area contributed by atoms with Gasteiger partial charge in [0.15, 0.2) is 0 Å². The van der Waals surface area contributed by atoms with E-state index in [1.807, 2.05) is 36.4 Å². The van der Waals surface area contributed by atoms with Crippen molar-refractivity contribution in [2.45, 2.75) is 59.3 Å².